The van der Waals surface area contributed by atoms with Crippen LogP contribution in [0.5, 0.6) is 0 Å². The van der Waals surface area contributed by atoms with Crippen molar-refractivity contribution in [1.82, 2.24) is 4.90 Å². The van der Waals surface area contributed by atoms with Gasteiger partial charge in [-0.15, -0.1) is 0 Å². The third kappa shape index (κ3) is 3.71. The average molecular weight is 277 g/mol. The van der Waals surface area contributed by atoms with Gasteiger partial charge in [-0.3, -0.25) is 0 Å². The molecule has 110 valence electrons. The fourth-order valence-corrected chi connectivity index (χ4v) is 2.70. The highest BCUT2D eigenvalue weighted by molar-refractivity contribution is 5.89. The summed E-state index contributed by atoms with van der Waals surface area (Å²) in [6.45, 7) is 1.44. The predicted octanol–water partition coefficient (Wildman–Crippen LogP) is 1.91. The van der Waals surface area contributed by atoms with Crippen molar-refractivity contribution in [2.24, 2.45) is 5.73 Å². The third-order valence-electron chi connectivity index (χ3n) is 3.75. The van der Waals surface area contributed by atoms with Gasteiger partial charge in [0.15, 0.2) is 0 Å². The molecule has 5 nitrogen and oxygen atoms in total. The van der Waals surface area contributed by atoms with E-state index in [0.29, 0.717) is 6.54 Å². The Morgan fingerprint density at radius 3 is 3.10 bits per heavy atom. The smallest absolute Gasteiger partial charge is 0.322 e. The number of nitrogens with one attached hydrogen (secondary N) is 1. The fraction of sp³-hybridized carbons (Fsp3) is 0.533. The molecule has 1 saturated heterocycles. The van der Waals surface area contributed by atoms with E-state index in [4.69, 9.17) is 10.8 Å². The second-order valence-corrected chi connectivity index (χ2v) is 5.19. The van der Waals surface area contributed by atoms with Crippen LogP contribution in [0.25, 0.3) is 0 Å². The molecule has 1 heterocycles. The summed E-state index contributed by atoms with van der Waals surface area (Å²) in [7, 11) is 0. The highest BCUT2D eigenvalue weighted by Crippen LogP contribution is 2.22. The first-order chi connectivity index (χ1) is 9.74. The minimum Gasteiger partial charge on any atom is -0.396 e. The van der Waals surface area contributed by atoms with Crippen molar-refractivity contribution >= 4 is 11.7 Å². The van der Waals surface area contributed by atoms with Crippen LogP contribution in [0.1, 0.15) is 31.2 Å². The lowest BCUT2D eigenvalue weighted by atomic mass is 10.1. The molecule has 0 bridgehead atoms. The molecule has 1 aromatic carbocycles. The topological polar surface area (TPSA) is 78.6 Å². The molecule has 0 saturated carbocycles. The van der Waals surface area contributed by atoms with Crippen LogP contribution < -0.4 is 11.1 Å². The zero-order chi connectivity index (χ0) is 14.4. The maximum absolute atomic E-state index is 12.3. The Labute approximate surface area is 119 Å². The highest BCUT2D eigenvalue weighted by atomic mass is 16.3. The van der Waals surface area contributed by atoms with Crippen LogP contribution in [0.2, 0.25) is 0 Å². The fourth-order valence-electron chi connectivity index (χ4n) is 2.70. The number of aliphatic hydroxyl groups is 1. The normalized spacial score (nSPS) is 18.3. The molecule has 0 aliphatic carbocycles. The molecule has 1 atom stereocenters. The van der Waals surface area contributed by atoms with Crippen molar-refractivity contribution in [3.63, 3.8) is 0 Å². The van der Waals surface area contributed by atoms with Gasteiger partial charge in [-0.1, -0.05) is 12.1 Å². The van der Waals surface area contributed by atoms with Gasteiger partial charge in [0.05, 0.1) is 0 Å². The van der Waals surface area contributed by atoms with Gasteiger partial charge < -0.3 is 21.1 Å². The molecular formula is C15H23N3O2. The van der Waals surface area contributed by atoms with Gasteiger partial charge in [-0.05, 0) is 43.4 Å². The van der Waals surface area contributed by atoms with E-state index in [2.05, 4.69) is 5.32 Å². The number of amides is 2. The average Bonchev–Trinajstić information content (AvgIpc) is 2.93. The molecule has 5 heteroatoms. The van der Waals surface area contributed by atoms with Gasteiger partial charge in [0, 0.05) is 31.4 Å². The number of carbonyl (C=O) groups is 1. The Morgan fingerprint density at radius 1 is 1.50 bits per heavy atom. The number of hydrogen-bond donors (Lipinski definition) is 3. The maximum atomic E-state index is 12.3. The third-order valence-corrected chi connectivity index (χ3v) is 3.75. The van der Waals surface area contributed by atoms with Gasteiger partial charge in [-0.25, -0.2) is 4.79 Å². The molecule has 1 unspecified atom stereocenters. The second-order valence-electron chi connectivity index (χ2n) is 5.19. The number of benzene rings is 1. The zero-order valence-corrected chi connectivity index (χ0v) is 11.7. The molecule has 1 aliphatic rings. The Bertz CT molecular complexity index is 450. The van der Waals surface area contributed by atoms with E-state index in [1.807, 2.05) is 29.2 Å². The standard InChI is InChI=1S/C15H23N3O2/c16-11-12-4-1-5-13(10-12)17-15(20)18-8-2-6-14(18)7-3-9-19/h1,4-5,10,14,19H,2-3,6-9,11,16H2,(H,17,20). The Morgan fingerprint density at radius 2 is 2.35 bits per heavy atom. The number of aliphatic hydroxyl groups excluding tert-OH is 1. The summed E-state index contributed by atoms with van der Waals surface area (Å²) in [6.07, 6.45) is 3.67. The number of nitrogens with zero attached hydrogens (tertiary/aromatic N) is 1. The van der Waals surface area contributed by atoms with Crippen LogP contribution in [0.15, 0.2) is 24.3 Å². The van der Waals surface area contributed by atoms with Crippen molar-refractivity contribution in [2.75, 3.05) is 18.5 Å². The Balaban J connectivity index is 1.96. The molecule has 2 rings (SSSR count). The highest BCUT2D eigenvalue weighted by Gasteiger charge is 2.28. The summed E-state index contributed by atoms with van der Waals surface area (Å²) in [5, 5.41) is 11.8. The van der Waals surface area contributed by atoms with E-state index in [9.17, 15) is 4.79 Å². The molecule has 20 heavy (non-hydrogen) atoms. The number of urea groups is 1. The quantitative estimate of drug-likeness (QED) is 0.769. The Hall–Kier alpha value is -1.59. The van der Waals surface area contributed by atoms with Crippen molar-refractivity contribution in [2.45, 2.75) is 38.3 Å². The summed E-state index contributed by atoms with van der Waals surface area (Å²) in [4.78, 5) is 14.2. The molecule has 1 aliphatic heterocycles. The SMILES string of the molecule is NCc1cccc(NC(=O)N2CCCC2CCCO)c1. The van der Waals surface area contributed by atoms with Crippen molar-refractivity contribution < 1.29 is 9.90 Å². The molecule has 0 radical (unpaired) electrons. The van der Waals surface area contributed by atoms with Crippen LogP contribution in [0.4, 0.5) is 10.5 Å². The summed E-state index contributed by atoms with van der Waals surface area (Å²) in [5.74, 6) is 0. The zero-order valence-electron chi connectivity index (χ0n) is 11.7. The van der Waals surface area contributed by atoms with Crippen LogP contribution in [-0.2, 0) is 6.54 Å². The van der Waals surface area contributed by atoms with Crippen LogP contribution >= 0.6 is 0 Å². The van der Waals surface area contributed by atoms with E-state index < -0.39 is 0 Å². The lowest BCUT2D eigenvalue weighted by Gasteiger charge is -2.25. The number of likely N-dealkylation sites (tertiary alicyclic amines) is 1. The van der Waals surface area contributed by atoms with Crippen LogP contribution in [0, 0.1) is 0 Å². The largest absolute Gasteiger partial charge is 0.396 e. The van der Waals surface area contributed by atoms with Crippen molar-refractivity contribution in [3.05, 3.63) is 29.8 Å². The number of nitrogens with two attached hydrogens (primary N) is 1. The minimum atomic E-state index is -0.0559. The van der Waals surface area contributed by atoms with Gasteiger partial charge in [-0.2, -0.15) is 0 Å². The van der Waals surface area contributed by atoms with Gasteiger partial charge in [0.2, 0.25) is 0 Å². The van der Waals surface area contributed by atoms with E-state index in [0.717, 1.165) is 43.5 Å². The van der Waals surface area contributed by atoms with Crippen molar-refractivity contribution in [3.8, 4) is 0 Å². The predicted molar refractivity (Wildman–Crippen MR) is 79.4 cm³/mol. The summed E-state index contributed by atoms with van der Waals surface area (Å²) in [5.41, 5.74) is 7.39. The molecule has 0 aromatic heterocycles. The Kier molecular flexibility index (Phi) is 5.38. The molecule has 1 fully saturated rings. The second kappa shape index (κ2) is 7.26. The first-order valence-corrected chi connectivity index (χ1v) is 7.22. The number of hydrogen-bond acceptors (Lipinski definition) is 3. The summed E-state index contributed by atoms with van der Waals surface area (Å²) < 4.78 is 0. The van der Waals surface area contributed by atoms with Gasteiger partial charge in [0.25, 0.3) is 0 Å². The first kappa shape index (κ1) is 14.8. The van der Waals surface area contributed by atoms with E-state index >= 15 is 0 Å². The number of anilines is 1. The van der Waals surface area contributed by atoms with Crippen LogP contribution in [0.3, 0.4) is 0 Å². The number of carbonyl (C=O) groups excluding carboxylic acids is 1. The molecule has 2 amide bonds. The lowest BCUT2D eigenvalue weighted by molar-refractivity contribution is 0.197. The molecule has 1 aromatic rings. The van der Waals surface area contributed by atoms with Gasteiger partial charge in [0.1, 0.15) is 0 Å². The van der Waals surface area contributed by atoms with E-state index in [1.54, 1.807) is 0 Å². The maximum Gasteiger partial charge on any atom is 0.322 e. The first-order valence-electron chi connectivity index (χ1n) is 7.22. The molecular weight excluding hydrogens is 254 g/mol. The molecule has 4 N–H and O–H groups in total. The molecule has 0 spiro atoms. The van der Waals surface area contributed by atoms with E-state index in [1.165, 1.54) is 0 Å². The number of rotatable bonds is 5. The lowest BCUT2D eigenvalue weighted by Crippen LogP contribution is -2.38. The van der Waals surface area contributed by atoms with Crippen LogP contribution in [-0.4, -0.2) is 35.2 Å². The monoisotopic (exact) mass is 277 g/mol. The van der Waals surface area contributed by atoms with Gasteiger partial charge >= 0.3 is 6.03 Å². The summed E-state index contributed by atoms with van der Waals surface area (Å²) >= 11 is 0. The summed E-state index contributed by atoms with van der Waals surface area (Å²) in [6, 6.07) is 7.80. The van der Waals surface area contributed by atoms with Crippen molar-refractivity contribution in [1.29, 1.82) is 0 Å². The minimum absolute atomic E-state index is 0.0559. The van der Waals surface area contributed by atoms with E-state index in [-0.39, 0.29) is 18.7 Å².